The molecule has 3 radical (unpaired) electrons. The molecule has 0 aromatic heterocycles. The number of aliphatic hydroxyl groups excluding tert-OH is 3. The maximum absolute atomic E-state index is 8.07. The van der Waals surface area contributed by atoms with Gasteiger partial charge in [-0.25, -0.2) is 0 Å². The minimum Gasteiger partial charge on any atom is -0.396 e. The zero-order chi connectivity index (χ0) is 12.4. The first kappa shape index (κ1) is 30.7. The standard InChI is InChI=1S/3C4H10O.2Al.3H/c3*1-2-3-4-5;;;;;/h3*5H,2-4H2,1H3;;;;;. The van der Waals surface area contributed by atoms with Gasteiger partial charge in [0.1, 0.15) is 0 Å². The van der Waals surface area contributed by atoms with Crippen molar-refractivity contribution in [2.45, 2.75) is 59.3 Å². The van der Waals surface area contributed by atoms with Crippen molar-refractivity contribution in [3.05, 3.63) is 0 Å². The molecule has 0 aromatic carbocycles. The third kappa shape index (κ3) is 78.5. The van der Waals surface area contributed by atoms with Gasteiger partial charge in [0.2, 0.25) is 0 Å². The van der Waals surface area contributed by atoms with Crippen LogP contribution in [0.25, 0.3) is 0 Å². The van der Waals surface area contributed by atoms with E-state index in [-0.39, 0.29) is 34.7 Å². The van der Waals surface area contributed by atoms with Crippen LogP contribution in [-0.2, 0) is 0 Å². The lowest BCUT2D eigenvalue weighted by atomic mass is 10.4. The molecule has 0 amide bonds. The lowest BCUT2D eigenvalue weighted by Gasteiger charge is -1.79. The Kier molecular flexibility index (Phi) is 78.8. The van der Waals surface area contributed by atoms with Crippen LogP contribution in [0.1, 0.15) is 59.3 Å². The van der Waals surface area contributed by atoms with Gasteiger partial charge in [-0.15, -0.1) is 0 Å². The number of rotatable bonds is 6. The Bertz CT molecular complexity index is 56.5. The summed E-state index contributed by atoms with van der Waals surface area (Å²) in [5.74, 6) is 0. The molecule has 0 aliphatic carbocycles. The smallest absolute Gasteiger partial charge is 0.187 e. The van der Waals surface area contributed by atoms with Crippen molar-refractivity contribution in [3.63, 3.8) is 0 Å². The van der Waals surface area contributed by atoms with Crippen LogP contribution in [0, 0.1) is 0 Å². The fraction of sp³-hybridized carbons (Fsp3) is 1.00. The van der Waals surface area contributed by atoms with Crippen molar-refractivity contribution < 1.29 is 15.3 Å². The van der Waals surface area contributed by atoms with Gasteiger partial charge in [0.15, 0.2) is 17.4 Å². The summed E-state index contributed by atoms with van der Waals surface area (Å²) in [6.07, 6.45) is 6.11. The van der Waals surface area contributed by atoms with Crippen LogP contribution in [0.5, 0.6) is 0 Å². The second-order valence-electron chi connectivity index (χ2n) is 3.23. The van der Waals surface area contributed by atoms with E-state index < -0.39 is 0 Å². The quantitative estimate of drug-likeness (QED) is 0.630. The Morgan fingerprint density at radius 2 is 0.765 bits per heavy atom. The molecule has 0 spiro atoms. The zero-order valence-electron chi connectivity index (χ0n) is 11.3. The number of hydrogen-bond acceptors (Lipinski definition) is 3. The summed E-state index contributed by atoms with van der Waals surface area (Å²) in [5, 5.41) is 24.2. The topological polar surface area (TPSA) is 60.7 Å². The molecule has 0 atom stereocenters. The normalized spacial score (nSPS) is 7.41. The van der Waals surface area contributed by atoms with Crippen molar-refractivity contribution in [2.75, 3.05) is 19.8 Å². The highest BCUT2D eigenvalue weighted by atomic mass is 27.0. The molecule has 0 unspecified atom stereocenters. The van der Waals surface area contributed by atoms with Crippen molar-refractivity contribution >= 4 is 34.7 Å². The van der Waals surface area contributed by atoms with Gasteiger partial charge in [0.05, 0.1) is 0 Å². The predicted molar refractivity (Wildman–Crippen MR) is 81.7 cm³/mol. The zero-order valence-corrected chi connectivity index (χ0v) is 12.4. The number of aliphatic hydroxyl groups is 3. The molecule has 5 heteroatoms. The average Bonchev–Trinajstić information content (AvgIpc) is 2.23. The number of unbranched alkanes of at least 4 members (excludes halogenated alkanes) is 3. The molecule has 105 valence electrons. The second kappa shape index (κ2) is 43.6. The SMILES string of the molecule is CCCCO.CCCCO.CCCCO.[AlH3].[Al]. The maximum atomic E-state index is 8.07. The molecule has 0 rings (SSSR count). The molecule has 0 aliphatic heterocycles. The molecule has 0 aliphatic rings. The lowest BCUT2D eigenvalue weighted by molar-refractivity contribution is 0.286. The third-order valence-corrected chi connectivity index (χ3v) is 1.54. The van der Waals surface area contributed by atoms with E-state index in [1.54, 1.807) is 0 Å². The predicted octanol–water partition coefficient (Wildman–Crippen LogP) is 0.772. The minimum absolute atomic E-state index is 0. The third-order valence-electron chi connectivity index (χ3n) is 1.54. The van der Waals surface area contributed by atoms with Gasteiger partial charge in [0.25, 0.3) is 0 Å². The lowest BCUT2D eigenvalue weighted by Crippen LogP contribution is -1.75. The highest BCUT2D eigenvalue weighted by Gasteiger charge is 1.70. The second-order valence-corrected chi connectivity index (χ2v) is 3.23. The van der Waals surface area contributed by atoms with Gasteiger partial charge in [-0.1, -0.05) is 40.0 Å². The van der Waals surface area contributed by atoms with Crippen LogP contribution >= 0.6 is 0 Å². The fourth-order valence-electron chi connectivity index (χ4n) is 0.474. The summed E-state index contributed by atoms with van der Waals surface area (Å²) >= 11 is 0. The van der Waals surface area contributed by atoms with Crippen LogP contribution in [0.3, 0.4) is 0 Å². The first-order valence-electron chi connectivity index (χ1n) is 6.07. The molecule has 3 nitrogen and oxygen atoms in total. The van der Waals surface area contributed by atoms with E-state index >= 15 is 0 Å². The molecule has 0 heterocycles. The molecule has 3 N–H and O–H groups in total. The van der Waals surface area contributed by atoms with Gasteiger partial charge in [-0.05, 0) is 19.3 Å². The van der Waals surface area contributed by atoms with E-state index in [4.69, 9.17) is 15.3 Å². The van der Waals surface area contributed by atoms with Gasteiger partial charge in [-0.3, -0.25) is 0 Å². The first-order chi connectivity index (χ1) is 7.24. The molecule has 0 saturated heterocycles. The molecule has 0 bridgehead atoms. The molecule has 0 aromatic rings. The fourth-order valence-corrected chi connectivity index (χ4v) is 0.474. The molecular weight excluding hydrogens is 246 g/mol. The highest BCUT2D eigenvalue weighted by Crippen LogP contribution is 1.79. The maximum Gasteiger partial charge on any atom is 0.187 e. The van der Waals surface area contributed by atoms with E-state index in [0.29, 0.717) is 19.8 Å². The van der Waals surface area contributed by atoms with E-state index in [2.05, 4.69) is 20.8 Å². The van der Waals surface area contributed by atoms with Gasteiger partial charge in [0, 0.05) is 37.2 Å². The van der Waals surface area contributed by atoms with Crippen LogP contribution in [-0.4, -0.2) is 69.9 Å². The first-order valence-corrected chi connectivity index (χ1v) is 6.07. The Labute approximate surface area is 129 Å². The minimum atomic E-state index is 0. The van der Waals surface area contributed by atoms with Gasteiger partial charge in [-0.2, -0.15) is 0 Å². The average molecular weight is 279 g/mol. The summed E-state index contributed by atoms with van der Waals surface area (Å²) in [7, 11) is 0. The highest BCUT2D eigenvalue weighted by molar-refractivity contribution is 5.76. The molecular formula is C12H33Al2O3. The summed E-state index contributed by atoms with van der Waals surface area (Å²) in [4.78, 5) is 0. The Balaban J connectivity index is -0.0000000400. The van der Waals surface area contributed by atoms with Gasteiger partial charge >= 0.3 is 0 Å². The van der Waals surface area contributed by atoms with E-state index in [9.17, 15) is 0 Å². The summed E-state index contributed by atoms with van der Waals surface area (Å²) in [6, 6.07) is 0. The van der Waals surface area contributed by atoms with Crippen molar-refractivity contribution in [1.29, 1.82) is 0 Å². The van der Waals surface area contributed by atoms with Crippen LogP contribution in [0.15, 0.2) is 0 Å². The van der Waals surface area contributed by atoms with Gasteiger partial charge < -0.3 is 15.3 Å². The van der Waals surface area contributed by atoms with Crippen LogP contribution in [0.4, 0.5) is 0 Å². The van der Waals surface area contributed by atoms with Crippen LogP contribution < -0.4 is 0 Å². The number of hydrogen-bond donors (Lipinski definition) is 3. The Hall–Kier alpha value is 0.945. The molecule has 17 heavy (non-hydrogen) atoms. The Morgan fingerprint density at radius 1 is 0.588 bits per heavy atom. The summed E-state index contributed by atoms with van der Waals surface area (Å²) in [6.45, 7) is 7.19. The molecule has 0 fully saturated rings. The summed E-state index contributed by atoms with van der Waals surface area (Å²) in [5.41, 5.74) is 0. The van der Waals surface area contributed by atoms with Crippen LogP contribution in [0.2, 0.25) is 0 Å². The van der Waals surface area contributed by atoms with E-state index in [1.165, 1.54) is 0 Å². The van der Waals surface area contributed by atoms with Crippen molar-refractivity contribution in [3.8, 4) is 0 Å². The van der Waals surface area contributed by atoms with E-state index in [0.717, 1.165) is 38.5 Å². The largest absolute Gasteiger partial charge is 0.396 e. The van der Waals surface area contributed by atoms with Crippen molar-refractivity contribution in [1.82, 2.24) is 0 Å². The summed E-state index contributed by atoms with van der Waals surface area (Å²) < 4.78 is 0. The van der Waals surface area contributed by atoms with E-state index in [1.807, 2.05) is 0 Å². The van der Waals surface area contributed by atoms with Crippen molar-refractivity contribution in [2.24, 2.45) is 0 Å². The monoisotopic (exact) mass is 279 g/mol. The molecule has 0 saturated carbocycles. The Morgan fingerprint density at radius 3 is 0.765 bits per heavy atom.